The van der Waals surface area contributed by atoms with Crippen molar-refractivity contribution in [3.05, 3.63) is 65.0 Å². The minimum atomic E-state index is -0.775. The van der Waals surface area contributed by atoms with E-state index in [9.17, 15) is 9.90 Å². The van der Waals surface area contributed by atoms with Crippen molar-refractivity contribution in [1.82, 2.24) is 29.4 Å². The molecule has 8 nitrogen and oxygen atoms in total. The van der Waals surface area contributed by atoms with E-state index in [-0.39, 0.29) is 12.3 Å². The number of likely N-dealkylation sites (tertiary alicyclic amines) is 1. The Kier molecular flexibility index (Phi) is 8.91. The van der Waals surface area contributed by atoms with Crippen LogP contribution in [0.4, 0.5) is 0 Å². The van der Waals surface area contributed by atoms with Crippen molar-refractivity contribution in [3.63, 3.8) is 0 Å². The zero-order valence-electron chi connectivity index (χ0n) is 21.9. The van der Waals surface area contributed by atoms with Crippen LogP contribution in [0.2, 0.25) is 0 Å². The minimum absolute atomic E-state index is 0.0734. The number of carbonyl (C=O) groups is 1. The first-order chi connectivity index (χ1) is 17.4. The number of carboxylic acids is 1. The van der Waals surface area contributed by atoms with Crippen molar-refractivity contribution in [2.24, 2.45) is 5.92 Å². The van der Waals surface area contributed by atoms with Crippen LogP contribution < -0.4 is 0 Å². The molecular formula is C28H40N6O2. The number of carboxylic acid groups (broad SMARTS) is 1. The van der Waals surface area contributed by atoms with Crippen molar-refractivity contribution >= 4 is 5.97 Å². The van der Waals surface area contributed by atoms with Crippen LogP contribution in [0.25, 0.3) is 0 Å². The third-order valence-electron chi connectivity index (χ3n) is 7.72. The molecule has 0 radical (unpaired) electrons. The Hall–Kier alpha value is -3.00. The Bertz CT molecular complexity index is 1130. The molecule has 1 saturated heterocycles. The summed E-state index contributed by atoms with van der Waals surface area (Å²) in [7, 11) is 0. The van der Waals surface area contributed by atoms with Gasteiger partial charge < -0.3 is 9.67 Å². The van der Waals surface area contributed by atoms with Crippen LogP contribution in [0.15, 0.2) is 36.8 Å². The molecule has 4 rings (SSSR count). The average molecular weight is 493 g/mol. The van der Waals surface area contributed by atoms with E-state index in [1.54, 1.807) is 4.68 Å². The van der Waals surface area contributed by atoms with E-state index in [4.69, 9.17) is 0 Å². The van der Waals surface area contributed by atoms with Crippen molar-refractivity contribution in [3.8, 4) is 0 Å². The summed E-state index contributed by atoms with van der Waals surface area (Å²) in [5.74, 6) is 1.11. The molecule has 1 aliphatic rings. The number of aryl methyl sites for hydroxylation is 3. The topological polar surface area (TPSA) is 89.1 Å². The lowest BCUT2D eigenvalue weighted by Gasteiger charge is -2.31. The summed E-state index contributed by atoms with van der Waals surface area (Å²) in [6, 6.07) is 6.41. The highest BCUT2D eigenvalue weighted by Crippen LogP contribution is 2.28. The van der Waals surface area contributed by atoms with E-state index in [1.165, 1.54) is 30.4 Å². The van der Waals surface area contributed by atoms with Crippen molar-refractivity contribution in [1.29, 1.82) is 0 Å². The predicted molar refractivity (Wildman–Crippen MR) is 140 cm³/mol. The van der Waals surface area contributed by atoms with E-state index in [2.05, 4.69) is 63.0 Å². The molecule has 1 aliphatic heterocycles. The Morgan fingerprint density at radius 1 is 1.19 bits per heavy atom. The number of piperidine rings is 1. The number of rotatable bonds is 12. The molecule has 0 saturated carbocycles. The van der Waals surface area contributed by atoms with Crippen molar-refractivity contribution < 1.29 is 9.90 Å². The molecule has 0 aliphatic carbocycles. The lowest BCUT2D eigenvalue weighted by molar-refractivity contribution is -0.137. The molecule has 8 heteroatoms. The summed E-state index contributed by atoms with van der Waals surface area (Å²) in [6.45, 7) is 11.1. The number of aliphatic carboxylic acids is 1. The number of aromatic nitrogens is 5. The highest BCUT2D eigenvalue weighted by atomic mass is 16.4. The highest BCUT2D eigenvalue weighted by Gasteiger charge is 2.20. The van der Waals surface area contributed by atoms with Gasteiger partial charge in [-0.05, 0) is 81.1 Å². The third kappa shape index (κ3) is 6.81. The number of imidazole rings is 1. The molecule has 0 bridgehead atoms. The van der Waals surface area contributed by atoms with Crippen LogP contribution in [0.3, 0.4) is 0 Å². The van der Waals surface area contributed by atoms with Crippen LogP contribution in [0.1, 0.15) is 80.1 Å². The number of nitrogens with zero attached hydrogens (tertiary/aromatic N) is 6. The second kappa shape index (κ2) is 12.3. The molecule has 1 atom stereocenters. The molecule has 36 heavy (non-hydrogen) atoms. The maximum Gasteiger partial charge on any atom is 0.303 e. The molecule has 1 fully saturated rings. The molecule has 0 amide bonds. The fourth-order valence-electron chi connectivity index (χ4n) is 5.21. The van der Waals surface area contributed by atoms with Gasteiger partial charge in [-0.15, -0.1) is 5.10 Å². The van der Waals surface area contributed by atoms with Gasteiger partial charge in [0, 0.05) is 31.7 Å². The molecule has 194 valence electrons. The molecule has 1 aromatic carbocycles. The average Bonchev–Trinajstić information content (AvgIpc) is 3.52. The van der Waals surface area contributed by atoms with Gasteiger partial charge in [0.05, 0.1) is 18.7 Å². The van der Waals surface area contributed by atoms with Gasteiger partial charge in [-0.3, -0.25) is 14.4 Å². The Morgan fingerprint density at radius 2 is 2.00 bits per heavy atom. The summed E-state index contributed by atoms with van der Waals surface area (Å²) in [5.41, 5.74) is 4.40. The zero-order chi connectivity index (χ0) is 25.5. The maximum atomic E-state index is 11.7. The first-order valence-corrected chi connectivity index (χ1v) is 13.4. The Labute approximate surface area is 214 Å². The molecule has 1 N–H and O–H groups in total. The van der Waals surface area contributed by atoms with Gasteiger partial charge in [-0.25, -0.2) is 4.98 Å². The normalized spacial score (nSPS) is 15.9. The number of benzene rings is 1. The van der Waals surface area contributed by atoms with E-state index < -0.39 is 5.97 Å². The van der Waals surface area contributed by atoms with Gasteiger partial charge in [0.2, 0.25) is 0 Å². The summed E-state index contributed by atoms with van der Waals surface area (Å²) in [4.78, 5) is 18.9. The Balaban J connectivity index is 1.46. The SMILES string of the molecule is CCC1CCN(Cc2nccn2Cc2cc(C(CCc3cn(CC)nn3)CC(=O)O)ccc2C)CC1. The molecule has 1 unspecified atom stereocenters. The molecule has 2 aromatic heterocycles. The molecule has 0 spiro atoms. The van der Waals surface area contributed by atoms with Crippen LogP contribution in [0.5, 0.6) is 0 Å². The van der Waals surface area contributed by atoms with Gasteiger partial charge in [-0.2, -0.15) is 0 Å². The monoisotopic (exact) mass is 492 g/mol. The van der Waals surface area contributed by atoms with Crippen molar-refractivity contribution in [2.75, 3.05) is 13.1 Å². The number of hydrogen-bond donors (Lipinski definition) is 1. The second-order valence-electron chi connectivity index (χ2n) is 10.2. The fourth-order valence-corrected chi connectivity index (χ4v) is 5.21. The van der Waals surface area contributed by atoms with Gasteiger partial charge in [0.1, 0.15) is 5.82 Å². The summed E-state index contributed by atoms with van der Waals surface area (Å²) < 4.78 is 4.05. The lowest BCUT2D eigenvalue weighted by atomic mass is 9.88. The van der Waals surface area contributed by atoms with Crippen LogP contribution in [-0.2, 0) is 30.8 Å². The first kappa shape index (κ1) is 26.1. The fraction of sp³-hybridized carbons (Fsp3) is 0.571. The van der Waals surface area contributed by atoms with E-state index >= 15 is 0 Å². The van der Waals surface area contributed by atoms with Gasteiger partial charge in [0.25, 0.3) is 0 Å². The van der Waals surface area contributed by atoms with Crippen LogP contribution >= 0.6 is 0 Å². The van der Waals surface area contributed by atoms with Crippen LogP contribution in [-0.4, -0.2) is 53.6 Å². The molecular weight excluding hydrogens is 452 g/mol. The predicted octanol–water partition coefficient (Wildman–Crippen LogP) is 4.66. The van der Waals surface area contributed by atoms with Gasteiger partial charge in [-0.1, -0.05) is 36.8 Å². The van der Waals surface area contributed by atoms with Crippen molar-refractivity contribution in [2.45, 2.75) is 84.8 Å². The van der Waals surface area contributed by atoms with E-state index in [0.717, 1.165) is 62.1 Å². The highest BCUT2D eigenvalue weighted by molar-refractivity contribution is 5.68. The second-order valence-corrected chi connectivity index (χ2v) is 10.2. The standard InChI is InChI=1S/C28H40N6O2/c1-4-22-10-13-32(14-11-22)20-27-29-12-15-33(27)18-25-16-23(7-6-21(25)3)24(17-28(35)36)8-9-26-19-34(5-2)31-30-26/h6-7,12,15-16,19,22,24H,4-5,8-11,13-14,17-18,20H2,1-3H3,(H,35,36). The summed E-state index contributed by atoms with van der Waals surface area (Å²) in [6.07, 6.45) is 11.3. The van der Waals surface area contributed by atoms with E-state index in [1.807, 2.05) is 19.3 Å². The van der Waals surface area contributed by atoms with E-state index in [0.29, 0.717) is 6.42 Å². The quantitative estimate of drug-likeness (QED) is 0.395. The summed E-state index contributed by atoms with van der Waals surface area (Å²) >= 11 is 0. The largest absolute Gasteiger partial charge is 0.481 e. The Morgan fingerprint density at radius 3 is 2.69 bits per heavy atom. The van der Waals surface area contributed by atoms with Gasteiger partial charge in [0.15, 0.2) is 0 Å². The molecule has 3 aromatic rings. The smallest absolute Gasteiger partial charge is 0.303 e. The third-order valence-corrected chi connectivity index (χ3v) is 7.72. The summed E-state index contributed by atoms with van der Waals surface area (Å²) in [5, 5.41) is 17.9. The van der Waals surface area contributed by atoms with Gasteiger partial charge >= 0.3 is 5.97 Å². The maximum absolute atomic E-state index is 11.7. The first-order valence-electron chi connectivity index (χ1n) is 13.4. The zero-order valence-corrected chi connectivity index (χ0v) is 21.9. The minimum Gasteiger partial charge on any atom is -0.481 e. The lowest BCUT2D eigenvalue weighted by Crippen LogP contribution is -2.34. The molecule has 3 heterocycles. The van der Waals surface area contributed by atoms with Crippen LogP contribution in [0, 0.1) is 12.8 Å². The number of hydrogen-bond acceptors (Lipinski definition) is 5.